The normalized spacial score (nSPS) is 20.3. The number of ether oxygens (including phenoxy) is 1. The van der Waals surface area contributed by atoms with Gasteiger partial charge in [0.15, 0.2) is 5.82 Å². The number of anilines is 1. The second-order valence-electron chi connectivity index (χ2n) is 6.10. The van der Waals surface area contributed by atoms with E-state index < -0.39 is 5.41 Å². The number of aryl methyl sites for hydroxylation is 1. The Kier molecular flexibility index (Phi) is 5.47. The van der Waals surface area contributed by atoms with Gasteiger partial charge in [-0.1, -0.05) is 0 Å². The zero-order valence-corrected chi connectivity index (χ0v) is 13.8. The number of halogens is 1. The van der Waals surface area contributed by atoms with Gasteiger partial charge in [-0.2, -0.15) is 5.10 Å². The van der Waals surface area contributed by atoms with Gasteiger partial charge in [0.2, 0.25) is 5.91 Å². The molecule has 7 heteroatoms. The molecule has 0 unspecified atom stereocenters. The third kappa shape index (κ3) is 3.29. The van der Waals surface area contributed by atoms with Crippen molar-refractivity contribution in [1.82, 2.24) is 9.78 Å². The molecule has 2 fully saturated rings. The van der Waals surface area contributed by atoms with Crippen LogP contribution in [-0.2, 0) is 16.1 Å². The van der Waals surface area contributed by atoms with Gasteiger partial charge in [0.1, 0.15) is 0 Å². The van der Waals surface area contributed by atoms with E-state index in [0.717, 1.165) is 6.54 Å². The van der Waals surface area contributed by atoms with Crippen LogP contribution in [0.4, 0.5) is 5.82 Å². The molecule has 1 saturated carbocycles. The average molecular weight is 329 g/mol. The molecule has 0 atom stereocenters. The fourth-order valence-corrected chi connectivity index (χ4v) is 2.99. The SMILES string of the molecule is CCn1nc(NC(=O)C2(CN)CCOCC2)cc1C1CC1.Cl. The van der Waals surface area contributed by atoms with E-state index >= 15 is 0 Å². The van der Waals surface area contributed by atoms with E-state index in [2.05, 4.69) is 17.3 Å². The van der Waals surface area contributed by atoms with Gasteiger partial charge < -0.3 is 15.8 Å². The first-order valence-corrected chi connectivity index (χ1v) is 7.85. The molecule has 0 radical (unpaired) electrons. The Hall–Kier alpha value is -1.11. The minimum absolute atomic E-state index is 0. The summed E-state index contributed by atoms with van der Waals surface area (Å²) >= 11 is 0. The van der Waals surface area contributed by atoms with Crippen LogP contribution in [-0.4, -0.2) is 35.4 Å². The predicted octanol–water partition coefficient (Wildman–Crippen LogP) is 1.90. The van der Waals surface area contributed by atoms with Crippen molar-refractivity contribution < 1.29 is 9.53 Å². The van der Waals surface area contributed by atoms with Gasteiger partial charge in [-0.15, -0.1) is 12.4 Å². The van der Waals surface area contributed by atoms with E-state index in [-0.39, 0.29) is 18.3 Å². The van der Waals surface area contributed by atoms with Crippen molar-refractivity contribution in [3.05, 3.63) is 11.8 Å². The van der Waals surface area contributed by atoms with E-state index in [1.807, 2.05) is 10.7 Å². The number of aromatic nitrogens is 2. The fraction of sp³-hybridized carbons (Fsp3) is 0.733. The van der Waals surface area contributed by atoms with Crippen LogP contribution < -0.4 is 11.1 Å². The zero-order valence-electron chi connectivity index (χ0n) is 13.0. The number of nitrogens with zero attached hydrogens (tertiary/aromatic N) is 2. The second-order valence-corrected chi connectivity index (χ2v) is 6.10. The maximum Gasteiger partial charge on any atom is 0.233 e. The Morgan fingerprint density at radius 3 is 2.73 bits per heavy atom. The topological polar surface area (TPSA) is 82.2 Å². The summed E-state index contributed by atoms with van der Waals surface area (Å²) in [4.78, 5) is 12.6. The summed E-state index contributed by atoms with van der Waals surface area (Å²) in [6.45, 7) is 4.46. The molecular formula is C15H25ClN4O2. The molecule has 0 spiro atoms. The number of hydrogen-bond donors (Lipinski definition) is 2. The van der Waals surface area contributed by atoms with E-state index in [1.165, 1.54) is 18.5 Å². The van der Waals surface area contributed by atoms with E-state index in [4.69, 9.17) is 10.5 Å². The third-order valence-corrected chi connectivity index (χ3v) is 4.67. The van der Waals surface area contributed by atoms with Crippen LogP contribution in [0.25, 0.3) is 0 Å². The standard InChI is InChI=1S/C15H24N4O2.ClH/c1-2-19-12(11-3-4-11)9-13(18-19)17-14(20)15(10-16)5-7-21-8-6-15;/h9,11H,2-8,10,16H2,1H3,(H,17,18,20);1H. The van der Waals surface area contributed by atoms with Gasteiger partial charge in [0.25, 0.3) is 0 Å². The van der Waals surface area contributed by atoms with E-state index in [9.17, 15) is 4.79 Å². The molecule has 22 heavy (non-hydrogen) atoms. The average Bonchev–Trinajstić information content (AvgIpc) is 3.29. The van der Waals surface area contributed by atoms with Crippen LogP contribution in [0, 0.1) is 5.41 Å². The molecule has 3 N–H and O–H groups in total. The molecule has 2 aliphatic rings. The highest BCUT2D eigenvalue weighted by atomic mass is 35.5. The second kappa shape index (κ2) is 6.98. The first-order chi connectivity index (χ1) is 10.2. The highest BCUT2D eigenvalue weighted by Crippen LogP contribution is 2.41. The van der Waals surface area contributed by atoms with Gasteiger partial charge in [0.05, 0.1) is 5.41 Å². The summed E-state index contributed by atoms with van der Waals surface area (Å²) in [6, 6.07) is 2.02. The molecule has 0 bridgehead atoms. The minimum Gasteiger partial charge on any atom is -0.381 e. The summed E-state index contributed by atoms with van der Waals surface area (Å²) in [7, 11) is 0. The number of carbonyl (C=O) groups excluding carboxylic acids is 1. The number of amides is 1. The van der Waals surface area contributed by atoms with Gasteiger partial charge in [-0.25, -0.2) is 0 Å². The zero-order chi connectivity index (χ0) is 14.9. The molecule has 124 valence electrons. The summed E-state index contributed by atoms with van der Waals surface area (Å²) in [5, 5.41) is 7.48. The van der Waals surface area contributed by atoms with Crippen molar-refractivity contribution in [1.29, 1.82) is 0 Å². The quantitative estimate of drug-likeness (QED) is 0.864. The molecule has 1 aromatic heterocycles. The van der Waals surface area contributed by atoms with Gasteiger partial charge in [-0.3, -0.25) is 9.48 Å². The van der Waals surface area contributed by atoms with Crippen molar-refractivity contribution in [3.8, 4) is 0 Å². The molecule has 3 rings (SSSR count). The molecule has 6 nitrogen and oxygen atoms in total. The Morgan fingerprint density at radius 1 is 1.50 bits per heavy atom. The largest absolute Gasteiger partial charge is 0.381 e. The lowest BCUT2D eigenvalue weighted by Gasteiger charge is -2.34. The summed E-state index contributed by atoms with van der Waals surface area (Å²) < 4.78 is 7.34. The Labute approximate surface area is 137 Å². The number of carbonyl (C=O) groups is 1. The van der Waals surface area contributed by atoms with Crippen LogP contribution in [0.2, 0.25) is 0 Å². The fourth-order valence-electron chi connectivity index (χ4n) is 2.99. The third-order valence-electron chi connectivity index (χ3n) is 4.67. The minimum atomic E-state index is -0.506. The Balaban J connectivity index is 0.00000176. The summed E-state index contributed by atoms with van der Waals surface area (Å²) in [5.41, 5.74) is 6.60. The molecule has 1 saturated heterocycles. The number of nitrogens with one attached hydrogen (secondary N) is 1. The van der Waals surface area contributed by atoms with Crippen molar-refractivity contribution in [3.63, 3.8) is 0 Å². The first kappa shape index (κ1) is 17.2. The smallest absolute Gasteiger partial charge is 0.233 e. The highest BCUT2D eigenvalue weighted by molar-refractivity contribution is 5.94. The lowest BCUT2D eigenvalue weighted by Crippen LogP contribution is -2.46. The Bertz CT molecular complexity index is 522. The molecule has 1 amide bonds. The number of rotatable bonds is 5. The van der Waals surface area contributed by atoms with Crippen molar-refractivity contribution >= 4 is 24.1 Å². The lowest BCUT2D eigenvalue weighted by molar-refractivity contribution is -0.130. The number of hydrogen-bond acceptors (Lipinski definition) is 4. The van der Waals surface area contributed by atoms with Crippen LogP contribution >= 0.6 is 12.4 Å². The maximum atomic E-state index is 12.6. The van der Waals surface area contributed by atoms with Crippen molar-refractivity contribution in [2.45, 2.75) is 45.1 Å². The Morgan fingerprint density at radius 2 is 2.18 bits per heavy atom. The molecular weight excluding hydrogens is 304 g/mol. The van der Waals surface area contributed by atoms with Crippen molar-refractivity contribution in [2.24, 2.45) is 11.1 Å². The molecule has 0 aromatic carbocycles. The lowest BCUT2D eigenvalue weighted by atomic mass is 9.79. The van der Waals surface area contributed by atoms with Crippen LogP contribution in [0.1, 0.15) is 44.2 Å². The molecule has 1 aromatic rings. The monoisotopic (exact) mass is 328 g/mol. The van der Waals surface area contributed by atoms with Gasteiger partial charge in [-0.05, 0) is 32.6 Å². The number of nitrogens with two attached hydrogens (primary N) is 1. The predicted molar refractivity (Wildman–Crippen MR) is 87.3 cm³/mol. The van der Waals surface area contributed by atoms with Crippen LogP contribution in [0.5, 0.6) is 0 Å². The van der Waals surface area contributed by atoms with E-state index in [0.29, 0.717) is 44.3 Å². The molecule has 1 aliphatic heterocycles. The maximum absolute atomic E-state index is 12.6. The first-order valence-electron chi connectivity index (χ1n) is 7.85. The molecule has 1 aliphatic carbocycles. The van der Waals surface area contributed by atoms with Crippen LogP contribution in [0.3, 0.4) is 0 Å². The molecule has 2 heterocycles. The van der Waals surface area contributed by atoms with E-state index in [1.54, 1.807) is 0 Å². The van der Waals surface area contributed by atoms with Gasteiger partial charge >= 0.3 is 0 Å². The van der Waals surface area contributed by atoms with Crippen molar-refractivity contribution in [2.75, 3.05) is 25.1 Å². The summed E-state index contributed by atoms with van der Waals surface area (Å²) in [5.74, 6) is 1.26. The van der Waals surface area contributed by atoms with Gasteiger partial charge in [0, 0.05) is 44.0 Å². The summed E-state index contributed by atoms with van der Waals surface area (Å²) in [6.07, 6.45) is 3.81. The highest BCUT2D eigenvalue weighted by Gasteiger charge is 2.39. The van der Waals surface area contributed by atoms with Crippen LogP contribution in [0.15, 0.2) is 6.07 Å².